The van der Waals surface area contributed by atoms with Gasteiger partial charge in [0.1, 0.15) is 6.04 Å². The normalized spacial score (nSPS) is 12.7. The first-order valence-corrected chi connectivity index (χ1v) is 10.4. The van der Waals surface area contributed by atoms with E-state index in [-0.39, 0.29) is 16.8 Å². The lowest BCUT2D eigenvalue weighted by Crippen LogP contribution is -2.37. The van der Waals surface area contributed by atoms with Gasteiger partial charge in [0.05, 0.1) is 4.90 Å². The molecule has 27 heavy (non-hydrogen) atoms. The van der Waals surface area contributed by atoms with E-state index in [1.165, 1.54) is 0 Å². The van der Waals surface area contributed by atoms with Crippen molar-refractivity contribution in [2.24, 2.45) is 0 Å². The van der Waals surface area contributed by atoms with Gasteiger partial charge in [-0.1, -0.05) is 49.4 Å². The Bertz CT molecular complexity index is 835. The first-order chi connectivity index (χ1) is 12.8. The van der Waals surface area contributed by atoms with E-state index >= 15 is 0 Å². The lowest BCUT2D eigenvalue weighted by Gasteiger charge is -2.23. The van der Waals surface area contributed by atoms with Crippen LogP contribution in [0.1, 0.15) is 24.1 Å². The van der Waals surface area contributed by atoms with Crippen molar-refractivity contribution in [2.45, 2.75) is 24.3 Å². The number of amides is 1. The van der Waals surface area contributed by atoms with Crippen molar-refractivity contribution in [3.05, 3.63) is 65.7 Å². The molecule has 0 saturated carbocycles. The summed E-state index contributed by atoms with van der Waals surface area (Å²) in [5.74, 6) is -0.0578. The molecule has 0 radical (unpaired) electrons. The van der Waals surface area contributed by atoms with E-state index in [1.807, 2.05) is 49.3 Å². The van der Waals surface area contributed by atoms with Crippen LogP contribution in [0.5, 0.6) is 0 Å². The van der Waals surface area contributed by atoms with Gasteiger partial charge in [-0.15, -0.1) is 0 Å². The molecule has 0 spiro atoms. The van der Waals surface area contributed by atoms with Crippen LogP contribution in [0.3, 0.4) is 0 Å². The van der Waals surface area contributed by atoms with Gasteiger partial charge in [-0.2, -0.15) is 0 Å². The van der Waals surface area contributed by atoms with Gasteiger partial charge in [0.2, 0.25) is 15.9 Å². The van der Waals surface area contributed by atoms with Gasteiger partial charge in [-0.3, -0.25) is 9.69 Å². The van der Waals surface area contributed by atoms with Crippen LogP contribution in [-0.4, -0.2) is 46.4 Å². The van der Waals surface area contributed by atoms with Crippen LogP contribution in [0.15, 0.2) is 59.5 Å². The molecule has 0 heterocycles. The van der Waals surface area contributed by atoms with Crippen molar-refractivity contribution in [3.63, 3.8) is 0 Å². The first-order valence-electron chi connectivity index (χ1n) is 8.93. The molecule has 2 rings (SSSR count). The maximum atomic E-state index is 12.6. The van der Waals surface area contributed by atoms with Crippen LogP contribution in [-0.2, 0) is 21.2 Å². The number of rotatable bonds is 9. The molecule has 0 aliphatic rings. The van der Waals surface area contributed by atoms with E-state index < -0.39 is 10.0 Å². The van der Waals surface area contributed by atoms with E-state index in [4.69, 9.17) is 0 Å². The number of hydrogen-bond donors (Lipinski definition) is 2. The predicted octanol–water partition coefficient (Wildman–Crippen LogP) is 1.95. The van der Waals surface area contributed by atoms with Crippen molar-refractivity contribution in [2.75, 3.05) is 27.2 Å². The summed E-state index contributed by atoms with van der Waals surface area (Å²) in [5.41, 5.74) is 1.91. The number of nitrogens with zero attached hydrogens (tertiary/aromatic N) is 1. The van der Waals surface area contributed by atoms with Crippen molar-refractivity contribution in [3.8, 4) is 0 Å². The summed E-state index contributed by atoms with van der Waals surface area (Å²) in [6.07, 6.45) is 0.627. The Morgan fingerprint density at radius 1 is 1.04 bits per heavy atom. The minimum Gasteiger partial charge on any atom is -0.354 e. The van der Waals surface area contributed by atoms with Gasteiger partial charge in [0, 0.05) is 13.1 Å². The molecule has 2 aromatic rings. The summed E-state index contributed by atoms with van der Waals surface area (Å²) in [6, 6.07) is 16.0. The zero-order valence-electron chi connectivity index (χ0n) is 16.0. The molecule has 0 aliphatic carbocycles. The number of sulfonamides is 1. The topological polar surface area (TPSA) is 78.5 Å². The largest absolute Gasteiger partial charge is 0.354 e. The highest BCUT2D eigenvalue weighted by atomic mass is 32.2. The summed E-state index contributed by atoms with van der Waals surface area (Å²) in [7, 11) is 0.314. The second-order valence-corrected chi connectivity index (χ2v) is 8.23. The second kappa shape index (κ2) is 9.64. The summed E-state index contributed by atoms with van der Waals surface area (Å²) < 4.78 is 26.4. The number of hydrogen-bond acceptors (Lipinski definition) is 4. The van der Waals surface area contributed by atoms with Crippen molar-refractivity contribution < 1.29 is 13.2 Å². The minimum absolute atomic E-state index is 0.0578. The van der Waals surface area contributed by atoms with Crippen molar-refractivity contribution in [1.29, 1.82) is 0 Å². The fourth-order valence-electron chi connectivity index (χ4n) is 2.85. The lowest BCUT2D eigenvalue weighted by molar-refractivity contribution is -0.125. The molecule has 0 bridgehead atoms. The number of nitrogens with one attached hydrogen (secondary N) is 2. The average Bonchev–Trinajstić information content (AvgIpc) is 2.63. The molecule has 146 valence electrons. The third-order valence-corrected chi connectivity index (χ3v) is 5.72. The Kier molecular flexibility index (Phi) is 7.53. The van der Waals surface area contributed by atoms with Gasteiger partial charge in [0.25, 0.3) is 0 Å². The van der Waals surface area contributed by atoms with Crippen LogP contribution in [0.2, 0.25) is 0 Å². The molecule has 1 amide bonds. The maximum absolute atomic E-state index is 12.6. The highest BCUT2D eigenvalue weighted by Gasteiger charge is 2.22. The monoisotopic (exact) mass is 389 g/mol. The van der Waals surface area contributed by atoms with Crippen molar-refractivity contribution in [1.82, 2.24) is 14.9 Å². The summed E-state index contributed by atoms with van der Waals surface area (Å²) >= 11 is 0. The number of carbonyl (C=O) groups excluding carboxylic acids is 1. The third kappa shape index (κ3) is 5.89. The molecule has 0 saturated heterocycles. The van der Waals surface area contributed by atoms with Gasteiger partial charge in [0.15, 0.2) is 0 Å². The Morgan fingerprint density at radius 2 is 1.67 bits per heavy atom. The lowest BCUT2D eigenvalue weighted by atomic mass is 10.1. The van der Waals surface area contributed by atoms with Gasteiger partial charge in [-0.05, 0) is 43.8 Å². The Balaban J connectivity index is 1.94. The maximum Gasteiger partial charge on any atom is 0.241 e. The summed E-state index contributed by atoms with van der Waals surface area (Å²) in [6.45, 7) is 2.57. The summed E-state index contributed by atoms with van der Waals surface area (Å²) in [5, 5.41) is 2.97. The zero-order valence-corrected chi connectivity index (χ0v) is 16.8. The van der Waals surface area contributed by atoms with E-state index in [0.29, 0.717) is 19.5 Å². The van der Waals surface area contributed by atoms with Crippen molar-refractivity contribution >= 4 is 15.9 Å². The van der Waals surface area contributed by atoms with Crippen LogP contribution in [0.25, 0.3) is 0 Å². The predicted molar refractivity (Wildman–Crippen MR) is 107 cm³/mol. The van der Waals surface area contributed by atoms with Crippen LogP contribution >= 0.6 is 0 Å². The zero-order chi connectivity index (χ0) is 19.9. The molecule has 2 aromatic carbocycles. The standard InChI is InChI=1S/C20H27N3O3S/c1-4-22-27(25,26)18-12-10-16(11-13-18)14-15-21-20(24)19(23(2)3)17-8-6-5-7-9-17/h5-13,19,22H,4,14-15H2,1-3H3,(H,21,24). The molecule has 2 N–H and O–H groups in total. The quantitative estimate of drug-likeness (QED) is 0.687. The molecule has 1 atom stereocenters. The van der Waals surface area contributed by atoms with E-state index in [0.717, 1.165) is 11.1 Å². The van der Waals surface area contributed by atoms with Crippen LogP contribution < -0.4 is 10.0 Å². The molecule has 0 aromatic heterocycles. The van der Waals surface area contributed by atoms with E-state index in [2.05, 4.69) is 10.0 Å². The summed E-state index contributed by atoms with van der Waals surface area (Å²) in [4.78, 5) is 14.7. The fraction of sp³-hybridized carbons (Fsp3) is 0.350. The minimum atomic E-state index is -3.44. The average molecular weight is 390 g/mol. The van der Waals surface area contributed by atoms with Crippen LogP contribution in [0.4, 0.5) is 0 Å². The van der Waals surface area contributed by atoms with Crippen LogP contribution in [0, 0.1) is 0 Å². The highest BCUT2D eigenvalue weighted by molar-refractivity contribution is 7.89. The fourth-order valence-corrected chi connectivity index (χ4v) is 3.90. The number of carbonyl (C=O) groups is 1. The molecular weight excluding hydrogens is 362 g/mol. The molecule has 6 nitrogen and oxygen atoms in total. The highest BCUT2D eigenvalue weighted by Crippen LogP contribution is 2.18. The smallest absolute Gasteiger partial charge is 0.241 e. The molecule has 0 fully saturated rings. The van der Waals surface area contributed by atoms with Gasteiger partial charge >= 0.3 is 0 Å². The molecular formula is C20H27N3O3S. The number of likely N-dealkylation sites (N-methyl/N-ethyl adjacent to an activating group) is 1. The van der Waals surface area contributed by atoms with Gasteiger partial charge in [-0.25, -0.2) is 13.1 Å². The Labute approximate surface area is 161 Å². The number of benzene rings is 2. The van der Waals surface area contributed by atoms with E-state index in [1.54, 1.807) is 31.2 Å². The SMILES string of the molecule is CCNS(=O)(=O)c1ccc(CCNC(=O)C(c2ccccc2)N(C)C)cc1. The molecule has 7 heteroatoms. The second-order valence-electron chi connectivity index (χ2n) is 6.46. The Morgan fingerprint density at radius 3 is 2.22 bits per heavy atom. The molecule has 0 aliphatic heterocycles. The van der Waals surface area contributed by atoms with Gasteiger partial charge < -0.3 is 5.32 Å². The third-order valence-electron chi connectivity index (χ3n) is 4.16. The first kappa shape index (κ1) is 21.1. The Hall–Kier alpha value is -2.22. The molecule has 1 unspecified atom stereocenters. The van der Waals surface area contributed by atoms with E-state index in [9.17, 15) is 13.2 Å².